The molecule has 162 valence electrons. The summed E-state index contributed by atoms with van der Waals surface area (Å²) in [6.07, 6.45) is 2.57. The van der Waals surface area contributed by atoms with Gasteiger partial charge < -0.3 is 15.4 Å². The number of aryl methyl sites for hydroxylation is 2. The maximum atomic E-state index is 12.6. The van der Waals surface area contributed by atoms with Crippen molar-refractivity contribution in [2.45, 2.75) is 33.6 Å². The number of nitrogens with zero attached hydrogens (tertiary/aromatic N) is 2. The van der Waals surface area contributed by atoms with Crippen LogP contribution in [-0.2, 0) is 9.53 Å². The molecule has 2 N–H and O–H groups in total. The minimum atomic E-state index is -0.396. The largest absolute Gasteiger partial charge is 0.462 e. The van der Waals surface area contributed by atoms with E-state index in [0.29, 0.717) is 42.2 Å². The van der Waals surface area contributed by atoms with Gasteiger partial charge >= 0.3 is 5.97 Å². The van der Waals surface area contributed by atoms with Gasteiger partial charge in [-0.25, -0.2) is 9.78 Å². The Kier molecular flexibility index (Phi) is 7.02. The first-order valence-corrected chi connectivity index (χ1v) is 10.2. The number of esters is 1. The van der Waals surface area contributed by atoms with Crippen molar-refractivity contribution in [2.24, 2.45) is 0 Å². The third-order valence-electron chi connectivity index (χ3n) is 4.78. The lowest BCUT2D eigenvalue weighted by Crippen LogP contribution is -2.27. The van der Waals surface area contributed by atoms with Gasteiger partial charge in [-0.1, -0.05) is 6.07 Å². The average molecular weight is 422 g/mol. The molecular formula is C23H26N4O4. The lowest BCUT2D eigenvalue weighted by atomic mass is 10.2. The fourth-order valence-corrected chi connectivity index (χ4v) is 3.25. The van der Waals surface area contributed by atoms with E-state index in [1.54, 1.807) is 35.6 Å². The van der Waals surface area contributed by atoms with Crippen molar-refractivity contribution in [2.75, 3.05) is 18.5 Å². The maximum absolute atomic E-state index is 12.6. The standard InChI is InChI=1S/C23H26N4O4/c1-4-31-23(30)17-9-11-18(12-10-17)26-19(28)8-5-13-24-22(29)20-16(3)25-21-15(2)7-6-14-27(20)21/h6-7,9-12,14H,4-5,8,13H2,1-3H3,(H,24,29)(H,26,28). The Labute approximate surface area is 180 Å². The summed E-state index contributed by atoms with van der Waals surface area (Å²) in [5, 5.41) is 5.63. The molecular weight excluding hydrogens is 396 g/mol. The Hall–Kier alpha value is -3.68. The zero-order chi connectivity index (χ0) is 22.4. The molecule has 0 aliphatic rings. The molecule has 0 radical (unpaired) electrons. The van der Waals surface area contributed by atoms with Gasteiger partial charge in [-0.2, -0.15) is 0 Å². The van der Waals surface area contributed by atoms with Gasteiger partial charge in [0.1, 0.15) is 11.3 Å². The van der Waals surface area contributed by atoms with Crippen LogP contribution in [0.4, 0.5) is 5.69 Å². The van der Waals surface area contributed by atoms with Crippen LogP contribution in [0, 0.1) is 13.8 Å². The van der Waals surface area contributed by atoms with Crippen molar-refractivity contribution < 1.29 is 19.1 Å². The minimum absolute atomic E-state index is 0.167. The molecule has 31 heavy (non-hydrogen) atoms. The molecule has 1 aromatic carbocycles. The second-order valence-electron chi connectivity index (χ2n) is 7.14. The number of rotatable bonds is 8. The first-order valence-electron chi connectivity index (χ1n) is 10.2. The summed E-state index contributed by atoms with van der Waals surface area (Å²) in [4.78, 5) is 40.9. The van der Waals surface area contributed by atoms with Crippen molar-refractivity contribution in [3.63, 3.8) is 0 Å². The van der Waals surface area contributed by atoms with Crippen molar-refractivity contribution in [3.8, 4) is 0 Å². The number of anilines is 1. The lowest BCUT2D eigenvalue weighted by Gasteiger charge is -2.08. The third kappa shape index (κ3) is 5.28. The summed E-state index contributed by atoms with van der Waals surface area (Å²) in [5.74, 6) is -0.780. The van der Waals surface area contributed by atoms with Crippen LogP contribution in [0.5, 0.6) is 0 Å². The highest BCUT2D eigenvalue weighted by atomic mass is 16.5. The SMILES string of the molecule is CCOC(=O)c1ccc(NC(=O)CCCNC(=O)c2c(C)nc3c(C)cccn23)cc1. The molecule has 0 saturated heterocycles. The number of carbonyl (C=O) groups excluding carboxylic acids is 3. The van der Waals surface area contributed by atoms with E-state index in [1.807, 2.05) is 32.2 Å². The molecule has 0 aliphatic carbocycles. The molecule has 0 bridgehead atoms. The summed E-state index contributed by atoms with van der Waals surface area (Å²) in [5.41, 5.74) is 3.95. The highest BCUT2D eigenvalue weighted by Gasteiger charge is 2.17. The van der Waals surface area contributed by atoms with Crippen molar-refractivity contribution in [1.29, 1.82) is 0 Å². The topological polar surface area (TPSA) is 102 Å². The monoisotopic (exact) mass is 422 g/mol. The number of hydrogen-bond donors (Lipinski definition) is 2. The van der Waals surface area contributed by atoms with Crippen molar-refractivity contribution in [1.82, 2.24) is 14.7 Å². The van der Waals surface area contributed by atoms with Crippen LogP contribution in [0.25, 0.3) is 5.65 Å². The Morgan fingerprint density at radius 2 is 1.84 bits per heavy atom. The summed E-state index contributed by atoms with van der Waals surface area (Å²) in [6.45, 7) is 6.18. The van der Waals surface area contributed by atoms with Crippen LogP contribution in [0.1, 0.15) is 51.9 Å². The molecule has 3 aromatic rings. The number of amides is 2. The number of pyridine rings is 1. The van der Waals surface area contributed by atoms with E-state index in [2.05, 4.69) is 15.6 Å². The number of carbonyl (C=O) groups is 3. The molecule has 0 spiro atoms. The van der Waals surface area contributed by atoms with E-state index < -0.39 is 5.97 Å². The third-order valence-corrected chi connectivity index (χ3v) is 4.78. The normalized spacial score (nSPS) is 10.7. The molecule has 0 saturated carbocycles. The van der Waals surface area contributed by atoms with E-state index in [0.717, 1.165) is 11.2 Å². The summed E-state index contributed by atoms with van der Waals surface area (Å²) in [7, 11) is 0. The Morgan fingerprint density at radius 1 is 1.10 bits per heavy atom. The van der Waals surface area contributed by atoms with Gasteiger partial charge in [-0.05, 0) is 63.1 Å². The fraction of sp³-hybridized carbons (Fsp3) is 0.304. The predicted molar refractivity (Wildman–Crippen MR) is 117 cm³/mol. The first-order chi connectivity index (χ1) is 14.9. The molecule has 0 aliphatic heterocycles. The highest BCUT2D eigenvalue weighted by molar-refractivity contribution is 5.95. The molecule has 0 unspecified atom stereocenters. The second-order valence-corrected chi connectivity index (χ2v) is 7.14. The van der Waals surface area contributed by atoms with Gasteiger partial charge in [-0.3, -0.25) is 14.0 Å². The number of imidazole rings is 1. The second kappa shape index (κ2) is 9.88. The van der Waals surface area contributed by atoms with Gasteiger partial charge in [0.25, 0.3) is 5.91 Å². The summed E-state index contributed by atoms with van der Waals surface area (Å²) in [6, 6.07) is 10.3. The molecule has 0 atom stereocenters. The van der Waals surface area contributed by atoms with E-state index in [9.17, 15) is 14.4 Å². The van der Waals surface area contributed by atoms with Crippen LogP contribution in [0.2, 0.25) is 0 Å². The van der Waals surface area contributed by atoms with E-state index in [4.69, 9.17) is 4.74 Å². The summed E-state index contributed by atoms with van der Waals surface area (Å²) < 4.78 is 6.72. The van der Waals surface area contributed by atoms with Gasteiger partial charge in [0, 0.05) is 24.8 Å². The van der Waals surface area contributed by atoms with Crippen LogP contribution < -0.4 is 10.6 Å². The Balaban J connectivity index is 1.47. The molecule has 3 rings (SSSR count). The average Bonchev–Trinajstić information content (AvgIpc) is 3.09. The maximum Gasteiger partial charge on any atom is 0.338 e. The number of aromatic nitrogens is 2. The van der Waals surface area contributed by atoms with E-state index >= 15 is 0 Å². The molecule has 8 nitrogen and oxygen atoms in total. The van der Waals surface area contributed by atoms with Crippen molar-refractivity contribution >= 4 is 29.1 Å². The van der Waals surface area contributed by atoms with Crippen molar-refractivity contribution in [3.05, 3.63) is 65.1 Å². The first kappa shape index (κ1) is 22.0. The quantitative estimate of drug-likeness (QED) is 0.428. The minimum Gasteiger partial charge on any atom is -0.462 e. The number of nitrogens with one attached hydrogen (secondary N) is 2. The number of benzene rings is 1. The van der Waals surface area contributed by atoms with Gasteiger partial charge in [0.2, 0.25) is 5.91 Å². The van der Waals surface area contributed by atoms with Crippen LogP contribution in [-0.4, -0.2) is 40.3 Å². The van der Waals surface area contributed by atoms with Gasteiger partial charge in [0.05, 0.1) is 17.9 Å². The van der Waals surface area contributed by atoms with Crippen LogP contribution >= 0.6 is 0 Å². The summed E-state index contributed by atoms with van der Waals surface area (Å²) >= 11 is 0. The van der Waals surface area contributed by atoms with E-state index in [1.165, 1.54) is 0 Å². The van der Waals surface area contributed by atoms with Crippen LogP contribution in [0.15, 0.2) is 42.6 Å². The molecule has 2 amide bonds. The Morgan fingerprint density at radius 3 is 2.55 bits per heavy atom. The lowest BCUT2D eigenvalue weighted by molar-refractivity contribution is -0.116. The highest BCUT2D eigenvalue weighted by Crippen LogP contribution is 2.15. The molecule has 2 aromatic heterocycles. The molecule has 0 fully saturated rings. The fourth-order valence-electron chi connectivity index (χ4n) is 3.25. The number of hydrogen-bond acceptors (Lipinski definition) is 5. The smallest absolute Gasteiger partial charge is 0.338 e. The van der Waals surface area contributed by atoms with E-state index in [-0.39, 0.29) is 18.2 Å². The Bertz CT molecular complexity index is 1100. The molecule has 2 heterocycles. The van der Waals surface area contributed by atoms with Gasteiger partial charge in [-0.15, -0.1) is 0 Å². The number of ether oxygens (including phenoxy) is 1. The van der Waals surface area contributed by atoms with Crippen LogP contribution in [0.3, 0.4) is 0 Å². The zero-order valence-corrected chi connectivity index (χ0v) is 17.9. The zero-order valence-electron chi connectivity index (χ0n) is 17.9. The number of fused-ring (bicyclic) bond motifs is 1. The predicted octanol–water partition coefficient (Wildman–Crippen LogP) is 3.28. The molecule has 8 heteroatoms. The van der Waals surface area contributed by atoms with Gasteiger partial charge in [0.15, 0.2) is 0 Å².